The first kappa shape index (κ1) is 16.4. The van der Waals surface area contributed by atoms with Crippen LogP contribution in [0.1, 0.15) is 30.4 Å². The number of piperidine rings is 1. The summed E-state index contributed by atoms with van der Waals surface area (Å²) < 4.78 is 6.41. The van der Waals surface area contributed by atoms with Gasteiger partial charge < -0.3 is 14.6 Å². The molecule has 0 atom stereocenters. The molecule has 0 unspecified atom stereocenters. The van der Waals surface area contributed by atoms with Gasteiger partial charge in [0.1, 0.15) is 11.4 Å². The second-order valence-corrected chi connectivity index (χ2v) is 7.81. The Balaban J connectivity index is 1.25. The number of aromatic amines is 1. The minimum absolute atomic E-state index is 0.0914. The Hall–Kier alpha value is -2.75. The maximum Gasteiger partial charge on any atom is 0.227 e. The summed E-state index contributed by atoms with van der Waals surface area (Å²) in [4.78, 5) is 18.1. The van der Waals surface area contributed by atoms with E-state index in [2.05, 4.69) is 29.2 Å². The van der Waals surface area contributed by atoms with Crippen molar-refractivity contribution < 1.29 is 9.53 Å². The van der Waals surface area contributed by atoms with E-state index in [0.29, 0.717) is 6.42 Å². The van der Waals surface area contributed by atoms with Crippen LogP contribution in [0, 0.1) is 0 Å². The maximum atomic E-state index is 12.8. The molecule has 4 nitrogen and oxygen atoms in total. The lowest BCUT2D eigenvalue weighted by atomic mass is 9.83. The summed E-state index contributed by atoms with van der Waals surface area (Å²) in [6.07, 6.45) is 6.38. The average molecular weight is 360 g/mol. The molecule has 1 saturated heterocycles. The van der Waals surface area contributed by atoms with Gasteiger partial charge in [-0.05, 0) is 36.1 Å². The van der Waals surface area contributed by atoms with Crippen molar-refractivity contribution in [2.45, 2.75) is 37.7 Å². The molecule has 0 aliphatic carbocycles. The summed E-state index contributed by atoms with van der Waals surface area (Å²) >= 11 is 0. The molecule has 4 heteroatoms. The van der Waals surface area contributed by atoms with E-state index in [0.717, 1.165) is 61.0 Å². The van der Waals surface area contributed by atoms with E-state index in [1.165, 1.54) is 5.56 Å². The van der Waals surface area contributed by atoms with Crippen LogP contribution in [0.15, 0.2) is 54.7 Å². The third-order valence-corrected chi connectivity index (χ3v) is 6.19. The number of carbonyl (C=O) groups is 1. The fraction of sp³-hybridized carbons (Fsp3) is 0.348. The number of nitrogens with zero attached hydrogens (tertiary/aromatic N) is 1. The minimum Gasteiger partial charge on any atom is -0.487 e. The topological polar surface area (TPSA) is 45.3 Å². The molecular weight excluding hydrogens is 336 g/mol. The molecule has 3 aromatic rings. The number of hydrogen-bond donors (Lipinski definition) is 1. The lowest BCUT2D eigenvalue weighted by molar-refractivity contribution is -0.134. The van der Waals surface area contributed by atoms with Crippen LogP contribution in [0.4, 0.5) is 0 Å². The maximum absolute atomic E-state index is 12.8. The van der Waals surface area contributed by atoms with Crippen LogP contribution in [0.3, 0.4) is 0 Å². The Bertz CT molecular complexity index is 983. The van der Waals surface area contributed by atoms with Crippen LogP contribution in [-0.2, 0) is 17.6 Å². The third kappa shape index (κ3) is 2.99. The standard InChI is InChI=1S/C23H24N2O2/c26-22(15-18-16-24-20-7-3-2-6-19(18)20)25-13-11-23(12-14-25)10-9-17-5-1-4-8-21(17)27-23/h1-8,16,24H,9-15H2. The van der Waals surface area contributed by atoms with E-state index in [1.807, 2.05) is 35.4 Å². The van der Waals surface area contributed by atoms with Crippen molar-refractivity contribution in [3.8, 4) is 5.75 Å². The van der Waals surface area contributed by atoms with Gasteiger partial charge in [0.05, 0.1) is 6.42 Å². The summed E-state index contributed by atoms with van der Waals surface area (Å²) in [5.41, 5.74) is 3.39. The van der Waals surface area contributed by atoms with Crippen molar-refractivity contribution in [2.24, 2.45) is 0 Å². The monoisotopic (exact) mass is 360 g/mol. The number of ether oxygens (including phenoxy) is 1. The highest BCUT2D eigenvalue weighted by Crippen LogP contribution is 2.39. The van der Waals surface area contributed by atoms with Gasteiger partial charge in [0.25, 0.3) is 0 Å². The van der Waals surface area contributed by atoms with E-state index < -0.39 is 0 Å². The van der Waals surface area contributed by atoms with Crippen molar-refractivity contribution in [2.75, 3.05) is 13.1 Å². The van der Waals surface area contributed by atoms with Crippen LogP contribution in [0.5, 0.6) is 5.75 Å². The van der Waals surface area contributed by atoms with E-state index in [9.17, 15) is 4.79 Å². The first-order valence-electron chi connectivity index (χ1n) is 9.82. The van der Waals surface area contributed by atoms with Crippen LogP contribution < -0.4 is 4.74 Å². The second-order valence-electron chi connectivity index (χ2n) is 7.81. The van der Waals surface area contributed by atoms with Crippen molar-refractivity contribution >= 4 is 16.8 Å². The summed E-state index contributed by atoms with van der Waals surface area (Å²) in [6.45, 7) is 1.56. The zero-order valence-electron chi connectivity index (χ0n) is 15.4. The Kier molecular flexibility index (Phi) is 3.92. The number of fused-ring (bicyclic) bond motifs is 2. The molecule has 5 rings (SSSR count). The molecule has 1 fully saturated rings. The first-order chi connectivity index (χ1) is 13.2. The SMILES string of the molecule is O=C(Cc1c[nH]c2ccccc12)N1CCC2(CCc3ccccc3O2)CC1. The first-order valence-corrected chi connectivity index (χ1v) is 9.82. The van der Waals surface area contributed by atoms with E-state index in [1.54, 1.807) is 0 Å². The van der Waals surface area contributed by atoms with Gasteiger partial charge in [0.2, 0.25) is 5.91 Å². The van der Waals surface area contributed by atoms with Crippen LogP contribution in [0.2, 0.25) is 0 Å². The number of nitrogens with one attached hydrogen (secondary N) is 1. The average Bonchev–Trinajstić information content (AvgIpc) is 3.11. The van der Waals surface area contributed by atoms with Crippen LogP contribution >= 0.6 is 0 Å². The Morgan fingerprint density at radius 2 is 1.81 bits per heavy atom. The van der Waals surface area contributed by atoms with Gasteiger partial charge >= 0.3 is 0 Å². The molecule has 0 radical (unpaired) electrons. The van der Waals surface area contributed by atoms with Crippen molar-refractivity contribution in [3.63, 3.8) is 0 Å². The third-order valence-electron chi connectivity index (χ3n) is 6.19. The number of rotatable bonds is 2. The number of carbonyl (C=O) groups excluding carboxylic acids is 1. The number of benzene rings is 2. The van der Waals surface area contributed by atoms with Gasteiger partial charge in [-0.1, -0.05) is 36.4 Å². The number of para-hydroxylation sites is 2. The zero-order valence-corrected chi connectivity index (χ0v) is 15.4. The Morgan fingerprint density at radius 3 is 2.70 bits per heavy atom. The number of likely N-dealkylation sites (tertiary alicyclic amines) is 1. The number of amides is 1. The number of H-pyrrole nitrogens is 1. The summed E-state index contributed by atoms with van der Waals surface area (Å²) in [7, 11) is 0. The molecular formula is C23H24N2O2. The van der Waals surface area contributed by atoms with Gasteiger partial charge in [0, 0.05) is 43.0 Å². The number of hydrogen-bond acceptors (Lipinski definition) is 2. The molecule has 2 aliphatic rings. The molecule has 1 amide bonds. The molecule has 0 saturated carbocycles. The van der Waals surface area contributed by atoms with E-state index in [-0.39, 0.29) is 11.5 Å². The lowest BCUT2D eigenvalue weighted by Gasteiger charge is -2.44. The summed E-state index contributed by atoms with van der Waals surface area (Å²) in [5.74, 6) is 1.24. The van der Waals surface area contributed by atoms with Crippen molar-refractivity contribution in [3.05, 3.63) is 65.9 Å². The summed E-state index contributed by atoms with van der Waals surface area (Å²) in [5, 5.41) is 1.14. The highest BCUT2D eigenvalue weighted by atomic mass is 16.5. The van der Waals surface area contributed by atoms with Gasteiger partial charge in [-0.3, -0.25) is 4.79 Å². The quantitative estimate of drug-likeness (QED) is 0.748. The van der Waals surface area contributed by atoms with Gasteiger partial charge in [-0.25, -0.2) is 0 Å². The molecule has 2 aliphatic heterocycles. The highest BCUT2D eigenvalue weighted by Gasteiger charge is 2.40. The Morgan fingerprint density at radius 1 is 1.04 bits per heavy atom. The molecule has 0 bridgehead atoms. The highest BCUT2D eigenvalue weighted by molar-refractivity contribution is 5.88. The van der Waals surface area contributed by atoms with Gasteiger partial charge in [-0.2, -0.15) is 0 Å². The summed E-state index contributed by atoms with van der Waals surface area (Å²) in [6, 6.07) is 16.5. The largest absolute Gasteiger partial charge is 0.487 e. The van der Waals surface area contributed by atoms with Crippen molar-refractivity contribution in [1.29, 1.82) is 0 Å². The smallest absolute Gasteiger partial charge is 0.227 e. The van der Waals surface area contributed by atoms with Crippen molar-refractivity contribution in [1.82, 2.24) is 9.88 Å². The second kappa shape index (κ2) is 6.45. The van der Waals surface area contributed by atoms with Gasteiger partial charge in [0.15, 0.2) is 0 Å². The lowest BCUT2D eigenvalue weighted by Crippen LogP contribution is -2.51. The van der Waals surface area contributed by atoms with E-state index >= 15 is 0 Å². The molecule has 1 aromatic heterocycles. The molecule has 138 valence electrons. The normalized spacial score (nSPS) is 18.3. The number of aromatic nitrogens is 1. The predicted octanol–water partition coefficient (Wildman–Crippen LogP) is 4.10. The fourth-order valence-corrected chi connectivity index (χ4v) is 4.52. The zero-order chi connectivity index (χ0) is 18.3. The van der Waals surface area contributed by atoms with Crippen LogP contribution in [-0.4, -0.2) is 34.5 Å². The van der Waals surface area contributed by atoms with E-state index in [4.69, 9.17) is 4.74 Å². The molecule has 3 heterocycles. The molecule has 27 heavy (non-hydrogen) atoms. The fourth-order valence-electron chi connectivity index (χ4n) is 4.52. The Labute approximate surface area is 159 Å². The molecule has 1 spiro atoms. The molecule has 2 aromatic carbocycles. The van der Waals surface area contributed by atoms with Crippen LogP contribution in [0.25, 0.3) is 10.9 Å². The number of aryl methyl sites for hydroxylation is 1. The molecule has 1 N–H and O–H groups in total. The minimum atomic E-state index is -0.0914. The predicted molar refractivity (Wildman–Crippen MR) is 106 cm³/mol. The van der Waals surface area contributed by atoms with Gasteiger partial charge in [-0.15, -0.1) is 0 Å².